The first kappa shape index (κ1) is 22.3. The van der Waals surface area contributed by atoms with Crippen molar-refractivity contribution in [1.82, 2.24) is 10.6 Å². The Kier molecular flexibility index (Phi) is 6.03. The molecule has 0 bridgehead atoms. The lowest BCUT2D eigenvalue weighted by atomic mass is 9.93. The second-order valence-corrected chi connectivity index (χ2v) is 7.04. The summed E-state index contributed by atoms with van der Waals surface area (Å²) in [5, 5.41) is 17.1. The van der Waals surface area contributed by atoms with Crippen molar-refractivity contribution in [2.45, 2.75) is 31.2 Å². The summed E-state index contributed by atoms with van der Waals surface area (Å²) in [5.41, 5.74) is -0.530. The molecule has 7 nitrogen and oxygen atoms in total. The van der Waals surface area contributed by atoms with Crippen molar-refractivity contribution >= 4 is 23.4 Å². The Balaban J connectivity index is 1.91. The fraction of sp³-hybridized carbons (Fsp3) is 0.286. The van der Waals surface area contributed by atoms with Gasteiger partial charge < -0.3 is 21.1 Å². The monoisotopic (exact) mass is 435 g/mol. The van der Waals surface area contributed by atoms with Crippen molar-refractivity contribution in [3.05, 3.63) is 54.1 Å². The van der Waals surface area contributed by atoms with Crippen molar-refractivity contribution < 1.29 is 32.7 Å². The van der Waals surface area contributed by atoms with Crippen LogP contribution in [-0.2, 0) is 14.4 Å². The SMILES string of the molecule is CC[C@](O)(C(=O)NCC(F)(F)F)C(=O)N[C@@H]1C(=O)Nc2ccccc2-c2ccccc21. The van der Waals surface area contributed by atoms with E-state index in [1.54, 1.807) is 48.5 Å². The van der Waals surface area contributed by atoms with Gasteiger partial charge in [0.05, 0.1) is 0 Å². The standard InChI is InChI=1S/C21H20F3N3O4/c1-2-20(31,18(29)25-11-21(22,23)24)19(30)27-16-14-9-4-3-7-12(14)13-8-5-6-10-15(13)26-17(16)28/h3-10,16,31H,2,11H2,1H3,(H,25,29)(H,26,28)(H,27,30)/t16-,20-/m0/s1. The minimum Gasteiger partial charge on any atom is -0.372 e. The average Bonchev–Trinajstić information content (AvgIpc) is 2.85. The van der Waals surface area contributed by atoms with Gasteiger partial charge in [0.1, 0.15) is 12.6 Å². The number of benzene rings is 2. The number of alkyl halides is 3. The van der Waals surface area contributed by atoms with Gasteiger partial charge in [-0.05, 0) is 23.6 Å². The third kappa shape index (κ3) is 4.53. The number of anilines is 1. The van der Waals surface area contributed by atoms with Crippen LogP contribution in [0.15, 0.2) is 48.5 Å². The smallest absolute Gasteiger partial charge is 0.372 e. The van der Waals surface area contributed by atoms with Gasteiger partial charge in [0.25, 0.3) is 17.7 Å². The Labute approximate surface area is 175 Å². The second-order valence-electron chi connectivity index (χ2n) is 7.04. The van der Waals surface area contributed by atoms with Gasteiger partial charge in [-0.15, -0.1) is 0 Å². The number of rotatable bonds is 5. The van der Waals surface area contributed by atoms with Crippen LogP contribution >= 0.6 is 0 Å². The van der Waals surface area contributed by atoms with Gasteiger partial charge in [0.15, 0.2) is 0 Å². The molecule has 4 N–H and O–H groups in total. The number of carbonyl (C=O) groups is 3. The topological polar surface area (TPSA) is 108 Å². The first-order valence-electron chi connectivity index (χ1n) is 9.44. The highest BCUT2D eigenvalue weighted by molar-refractivity contribution is 6.11. The Morgan fingerprint density at radius 3 is 2.29 bits per heavy atom. The Morgan fingerprint density at radius 2 is 1.65 bits per heavy atom. The van der Waals surface area contributed by atoms with E-state index < -0.39 is 48.5 Å². The maximum absolute atomic E-state index is 12.9. The third-order valence-electron chi connectivity index (χ3n) is 5.00. The lowest BCUT2D eigenvalue weighted by Crippen LogP contribution is -2.59. The highest BCUT2D eigenvalue weighted by Crippen LogP contribution is 2.37. The van der Waals surface area contributed by atoms with Crippen LogP contribution in [0.5, 0.6) is 0 Å². The Morgan fingerprint density at radius 1 is 1.03 bits per heavy atom. The van der Waals surface area contributed by atoms with Gasteiger partial charge in [0, 0.05) is 11.3 Å². The zero-order valence-electron chi connectivity index (χ0n) is 16.4. The highest BCUT2D eigenvalue weighted by Gasteiger charge is 2.45. The van der Waals surface area contributed by atoms with Crippen LogP contribution in [0.1, 0.15) is 24.9 Å². The first-order chi connectivity index (χ1) is 14.6. The molecule has 0 spiro atoms. The summed E-state index contributed by atoms with van der Waals surface area (Å²) in [7, 11) is 0. The van der Waals surface area contributed by atoms with E-state index in [4.69, 9.17) is 0 Å². The highest BCUT2D eigenvalue weighted by atomic mass is 19.4. The summed E-state index contributed by atoms with van der Waals surface area (Å²) in [6.45, 7) is -0.437. The molecule has 10 heteroatoms. The van der Waals surface area contributed by atoms with Gasteiger partial charge in [-0.2, -0.15) is 13.2 Å². The molecule has 2 atom stereocenters. The molecule has 0 saturated carbocycles. The summed E-state index contributed by atoms with van der Waals surface area (Å²) in [6.07, 6.45) is -5.22. The molecule has 0 aliphatic carbocycles. The van der Waals surface area contributed by atoms with Crippen molar-refractivity contribution in [3.63, 3.8) is 0 Å². The molecule has 164 valence electrons. The quantitative estimate of drug-likeness (QED) is 0.541. The molecular weight excluding hydrogens is 415 g/mol. The molecule has 1 heterocycles. The van der Waals surface area contributed by atoms with E-state index in [0.29, 0.717) is 22.4 Å². The molecule has 0 unspecified atom stereocenters. The van der Waals surface area contributed by atoms with E-state index in [9.17, 15) is 32.7 Å². The van der Waals surface area contributed by atoms with Crippen LogP contribution in [0, 0.1) is 0 Å². The molecule has 1 aliphatic heterocycles. The Hall–Kier alpha value is -3.40. The summed E-state index contributed by atoms with van der Waals surface area (Å²) in [6, 6.07) is 12.4. The van der Waals surface area contributed by atoms with Crippen molar-refractivity contribution in [2.75, 3.05) is 11.9 Å². The van der Waals surface area contributed by atoms with E-state index in [2.05, 4.69) is 10.6 Å². The van der Waals surface area contributed by atoms with Crippen LogP contribution in [-0.4, -0.2) is 41.2 Å². The van der Waals surface area contributed by atoms with Crippen LogP contribution in [0.3, 0.4) is 0 Å². The van der Waals surface area contributed by atoms with Gasteiger partial charge in [0.2, 0.25) is 5.60 Å². The van der Waals surface area contributed by atoms with E-state index in [0.717, 1.165) is 0 Å². The van der Waals surface area contributed by atoms with E-state index >= 15 is 0 Å². The van der Waals surface area contributed by atoms with Gasteiger partial charge in [-0.3, -0.25) is 14.4 Å². The van der Waals surface area contributed by atoms with E-state index in [-0.39, 0.29) is 0 Å². The number of aliphatic hydroxyl groups is 1. The number of carbonyl (C=O) groups excluding carboxylic acids is 3. The predicted molar refractivity (Wildman–Crippen MR) is 106 cm³/mol. The fourth-order valence-electron chi connectivity index (χ4n) is 3.31. The van der Waals surface area contributed by atoms with Crippen molar-refractivity contribution in [2.24, 2.45) is 0 Å². The largest absolute Gasteiger partial charge is 0.405 e. The lowest BCUT2D eigenvalue weighted by Gasteiger charge is -2.27. The summed E-state index contributed by atoms with van der Waals surface area (Å²) in [4.78, 5) is 37.8. The number of fused-ring (bicyclic) bond motifs is 3. The van der Waals surface area contributed by atoms with Crippen molar-refractivity contribution in [3.8, 4) is 11.1 Å². The van der Waals surface area contributed by atoms with E-state index in [1.807, 2.05) is 0 Å². The lowest BCUT2D eigenvalue weighted by molar-refractivity contribution is -0.160. The second kappa shape index (κ2) is 8.38. The van der Waals surface area contributed by atoms with Crippen LogP contribution < -0.4 is 16.0 Å². The molecule has 3 amide bonds. The summed E-state index contributed by atoms with van der Waals surface area (Å²) < 4.78 is 37.3. The number of hydrogen-bond acceptors (Lipinski definition) is 4. The molecule has 0 radical (unpaired) electrons. The molecule has 0 aromatic heterocycles. The maximum Gasteiger partial charge on any atom is 0.405 e. The minimum absolute atomic E-state index is 0.410. The molecule has 3 rings (SSSR count). The first-order valence-corrected chi connectivity index (χ1v) is 9.44. The van der Waals surface area contributed by atoms with Crippen LogP contribution in [0.4, 0.5) is 18.9 Å². The number of halogens is 3. The Bertz CT molecular complexity index is 1020. The van der Waals surface area contributed by atoms with Gasteiger partial charge in [-0.1, -0.05) is 49.4 Å². The number of amides is 3. The predicted octanol–water partition coefficient (Wildman–Crippen LogP) is 2.28. The van der Waals surface area contributed by atoms with Crippen LogP contribution in [0.25, 0.3) is 11.1 Å². The molecular formula is C21H20F3N3O4. The van der Waals surface area contributed by atoms with Crippen LogP contribution in [0.2, 0.25) is 0 Å². The minimum atomic E-state index is -4.72. The number of hydrogen-bond donors (Lipinski definition) is 4. The van der Waals surface area contributed by atoms with Gasteiger partial charge in [-0.25, -0.2) is 0 Å². The molecule has 1 aliphatic rings. The third-order valence-corrected chi connectivity index (χ3v) is 5.00. The average molecular weight is 435 g/mol. The summed E-state index contributed by atoms with van der Waals surface area (Å²) >= 11 is 0. The van der Waals surface area contributed by atoms with Gasteiger partial charge >= 0.3 is 6.18 Å². The molecule has 0 saturated heterocycles. The molecule has 2 aromatic carbocycles. The van der Waals surface area contributed by atoms with Crippen molar-refractivity contribution in [1.29, 1.82) is 0 Å². The maximum atomic E-state index is 12.9. The normalized spacial score (nSPS) is 17.3. The molecule has 2 aromatic rings. The molecule has 31 heavy (non-hydrogen) atoms. The number of nitrogens with one attached hydrogen (secondary N) is 3. The zero-order valence-corrected chi connectivity index (χ0v) is 16.4. The molecule has 0 fully saturated rings. The zero-order chi connectivity index (χ0) is 22.8. The fourth-order valence-corrected chi connectivity index (χ4v) is 3.31. The van der Waals surface area contributed by atoms with E-state index in [1.165, 1.54) is 12.2 Å². The summed E-state index contributed by atoms with van der Waals surface area (Å²) in [5.74, 6) is -3.41. The number of para-hydroxylation sites is 1.